The highest BCUT2D eigenvalue weighted by Gasteiger charge is 2.26. The van der Waals surface area contributed by atoms with Crippen LogP contribution in [0.5, 0.6) is 0 Å². The Kier molecular flexibility index (Phi) is 6.77. The summed E-state index contributed by atoms with van der Waals surface area (Å²) >= 11 is 0. The van der Waals surface area contributed by atoms with E-state index < -0.39 is 17.9 Å². The Labute approximate surface area is 97.3 Å². The Hall–Kier alpha value is -1.06. The summed E-state index contributed by atoms with van der Waals surface area (Å²) in [5.41, 5.74) is 0. The molecule has 0 saturated heterocycles. The maximum absolute atomic E-state index is 11.5. The Bertz CT molecular complexity index is 213. The second-order valence-corrected chi connectivity index (χ2v) is 4.03. The fraction of sp³-hybridized carbons (Fsp3) is 0.833. The molecule has 94 valence electrons. The van der Waals surface area contributed by atoms with E-state index in [1.165, 1.54) is 6.92 Å². The molecule has 4 nitrogen and oxygen atoms in total. The number of rotatable bonds is 6. The normalized spacial score (nSPS) is 16.1. The number of hydrogen-bond donors (Lipinski definition) is 0. The quantitative estimate of drug-likeness (QED) is 0.519. The number of ether oxygens (including phenoxy) is 2. The van der Waals surface area contributed by atoms with E-state index in [4.69, 9.17) is 9.47 Å². The average molecular weight is 230 g/mol. The molecular formula is C12H22O4. The Morgan fingerprint density at radius 1 is 0.875 bits per heavy atom. The van der Waals surface area contributed by atoms with Crippen LogP contribution in [0.25, 0.3) is 0 Å². The molecule has 0 N–H and O–H groups in total. The maximum Gasteiger partial charge on any atom is 0.320 e. The molecule has 0 aliphatic carbocycles. The van der Waals surface area contributed by atoms with Crippen molar-refractivity contribution >= 4 is 11.9 Å². The largest absolute Gasteiger partial charge is 0.462 e. The molecule has 0 aliphatic rings. The zero-order chi connectivity index (χ0) is 12.7. The van der Waals surface area contributed by atoms with Crippen LogP contribution in [0.1, 0.15) is 47.5 Å². The molecule has 0 aliphatic heterocycles. The van der Waals surface area contributed by atoms with Crippen molar-refractivity contribution in [1.82, 2.24) is 0 Å². The topological polar surface area (TPSA) is 52.6 Å². The summed E-state index contributed by atoms with van der Waals surface area (Å²) in [4.78, 5) is 23.0. The summed E-state index contributed by atoms with van der Waals surface area (Å²) < 4.78 is 10.1. The van der Waals surface area contributed by atoms with Crippen LogP contribution in [0, 0.1) is 5.92 Å². The lowest BCUT2D eigenvalue weighted by Gasteiger charge is -2.17. The predicted molar refractivity (Wildman–Crippen MR) is 60.9 cm³/mol. The molecule has 0 heterocycles. The van der Waals surface area contributed by atoms with Gasteiger partial charge in [-0.3, -0.25) is 9.59 Å². The minimum absolute atomic E-state index is 0.161. The Balaban J connectivity index is 4.16. The van der Waals surface area contributed by atoms with Crippen molar-refractivity contribution in [2.45, 2.75) is 59.7 Å². The number of carbonyl (C=O) groups excluding carboxylic acids is 2. The van der Waals surface area contributed by atoms with Gasteiger partial charge in [-0.25, -0.2) is 0 Å². The third kappa shape index (κ3) is 5.14. The van der Waals surface area contributed by atoms with Crippen LogP contribution in [0.2, 0.25) is 0 Å². The summed E-state index contributed by atoms with van der Waals surface area (Å²) in [6.07, 6.45) is 1.15. The van der Waals surface area contributed by atoms with Gasteiger partial charge in [-0.15, -0.1) is 0 Å². The molecule has 0 saturated carbocycles. The van der Waals surface area contributed by atoms with E-state index in [1.807, 2.05) is 13.8 Å². The first kappa shape index (κ1) is 14.9. The zero-order valence-electron chi connectivity index (χ0n) is 10.8. The van der Waals surface area contributed by atoms with Gasteiger partial charge in [0.05, 0.1) is 12.2 Å². The number of hydrogen-bond acceptors (Lipinski definition) is 4. The van der Waals surface area contributed by atoms with E-state index in [0.29, 0.717) is 0 Å². The SMILES string of the molecule is CCC(C)OC(=O)C(C)C(=O)OC(C)CC. The standard InChI is InChI=1S/C12H22O4/c1-6-8(3)15-11(13)10(5)12(14)16-9(4)7-2/h8-10H,6-7H2,1-5H3. The van der Waals surface area contributed by atoms with E-state index in [0.717, 1.165) is 12.8 Å². The predicted octanol–water partition coefficient (Wildman–Crippen LogP) is 2.31. The highest BCUT2D eigenvalue weighted by Crippen LogP contribution is 2.08. The van der Waals surface area contributed by atoms with Crippen LogP contribution in [0.4, 0.5) is 0 Å². The van der Waals surface area contributed by atoms with Gasteiger partial charge in [0.1, 0.15) is 0 Å². The highest BCUT2D eigenvalue weighted by molar-refractivity contribution is 5.94. The first-order valence-corrected chi connectivity index (χ1v) is 5.83. The Morgan fingerprint density at radius 2 is 1.19 bits per heavy atom. The minimum atomic E-state index is -0.844. The van der Waals surface area contributed by atoms with Crippen LogP contribution in [0.15, 0.2) is 0 Å². The summed E-state index contributed by atoms with van der Waals surface area (Å²) in [6, 6.07) is 0. The van der Waals surface area contributed by atoms with Crippen LogP contribution in [-0.4, -0.2) is 24.1 Å². The average Bonchev–Trinajstić information content (AvgIpc) is 2.27. The Morgan fingerprint density at radius 3 is 1.44 bits per heavy atom. The maximum atomic E-state index is 11.5. The van der Waals surface area contributed by atoms with Gasteiger partial charge in [0.25, 0.3) is 0 Å². The first-order valence-electron chi connectivity index (χ1n) is 5.83. The number of carbonyl (C=O) groups is 2. The molecule has 2 unspecified atom stereocenters. The van der Waals surface area contributed by atoms with Gasteiger partial charge >= 0.3 is 11.9 Å². The zero-order valence-corrected chi connectivity index (χ0v) is 10.8. The fourth-order valence-corrected chi connectivity index (χ4v) is 0.864. The molecule has 0 aromatic heterocycles. The summed E-state index contributed by atoms with van der Waals surface area (Å²) in [6.45, 7) is 8.94. The summed E-state index contributed by atoms with van der Waals surface area (Å²) in [5.74, 6) is -1.87. The van der Waals surface area contributed by atoms with Crippen LogP contribution < -0.4 is 0 Å². The van der Waals surface area contributed by atoms with Gasteiger partial charge in [0, 0.05) is 0 Å². The van der Waals surface area contributed by atoms with Crippen molar-refractivity contribution in [3.05, 3.63) is 0 Å². The molecule has 0 aromatic carbocycles. The molecule has 4 heteroatoms. The van der Waals surface area contributed by atoms with E-state index in [2.05, 4.69) is 0 Å². The third-order valence-electron chi connectivity index (χ3n) is 2.49. The highest BCUT2D eigenvalue weighted by atomic mass is 16.6. The van der Waals surface area contributed by atoms with Gasteiger partial charge in [-0.2, -0.15) is 0 Å². The molecular weight excluding hydrogens is 208 g/mol. The molecule has 0 rings (SSSR count). The minimum Gasteiger partial charge on any atom is -0.462 e. The monoisotopic (exact) mass is 230 g/mol. The molecule has 0 radical (unpaired) electrons. The number of esters is 2. The second-order valence-electron chi connectivity index (χ2n) is 4.03. The van der Waals surface area contributed by atoms with E-state index in [1.54, 1.807) is 13.8 Å². The molecule has 16 heavy (non-hydrogen) atoms. The smallest absolute Gasteiger partial charge is 0.320 e. The lowest BCUT2D eigenvalue weighted by Crippen LogP contribution is -2.29. The molecule has 0 amide bonds. The van der Waals surface area contributed by atoms with E-state index in [-0.39, 0.29) is 12.2 Å². The van der Waals surface area contributed by atoms with E-state index in [9.17, 15) is 9.59 Å². The van der Waals surface area contributed by atoms with Gasteiger partial charge < -0.3 is 9.47 Å². The molecule has 0 aromatic rings. The molecule has 2 atom stereocenters. The fourth-order valence-electron chi connectivity index (χ4n) is 0.864. The second kappa shape index (κ2) is 7.25. The van der Waals surface area contributed by atoms with Gasteiger partial charge in [0.15, 0.2) is 5.92 Å². The lowest BCUT2D eigenvalue weighted by atomic mass is 10.2. The van der Waals surface area contributed by atoms with Crippen molar-refractivity contribution in [3.8, 4) is 0 Å². The molecule has 0 fully saturated rings. The first-order chi connectivity index (χ1) is 7.42. The van der Waals surface area contributed by atoms with Crippen molar-refractivity contribution in [2.75, 3.05) is 0 Å². The third-order valence-corrected chi connectivity index (χ3v) is 2.49. The summed E-state index contributed by atoms with van der Waals surface area (Å²) in [7, 11) is 0. The van der Waals surface area contributed by atoms with Crippen molar-refractivity contribution in [1.29, 1.82) is 0 Å². The summed E-state index contributed by atoms with van der Waals surface area (Å²) in [5, 5.41) is 0. The van der Waals surface area contributed by atoms with Gasteiger partial charge in [-0.1, -0.05) is 13.8 Å². The van der Waals surface area contributed by atoms with Gasteiger partial charge in [-0.05, 0) is 33.6 Å². The van der Waals surface area contributed by atoms with Crippen LogP contribution in [-0.2, 0) is 19.1 Å². The van der Waals surface area contributed by atoms with Crippen LogP contribution in [0.3, 0.4) is 0 Å². The molecule has 0 spiro atoms. The van der Waals surface area contributed by atoms with Gasteiger partial charge in [0.2, 0.25) is 0 Å². The van der Waals surface area contributed by atoms with E-state index >= 15 is 0 Å². The van der Waals surface area contributed by atoms with Crippen molar-refractivity contribution in [3.63, 3.8) is 0 Å². The van der Waals surface area contributed by atoms with Crippen molar-refractivity contribution < 1.29 is 19.1 Å². The van der Waals surface area contributed by atoms with Crippen molar-refractivity contribution in [2.24, 2.45) is 5.92 Å². The lowest BCUT2D eigenvalue weighted by molar-refractivity contribution is -0.166. The van der Waals surface area contributed by atoms with Crippen LogP contribution >= 0.6 is 0 Å². The molecule has 0 bridgehead atoms.